The normalized spacial score (nSPS) is 13.0. The lowest BCUT2D eigenvalue weighted by Crippen LogP contribution is -2.37. The second-order valence-electron chi connectivity index (χ2n) is 8.02. The first-order valence-electron chi connectivity index (χ1n) is 10.8. The molecule has 4 rings (SSSR count). The second kappa shape index (κ2) is 10.3. The molecular weight excluding hydrogens is 442 g/mol. The summed E-state index contributed by atoms with van der Waals surface area (Å²) in [6.45, 7) is 3.67. The van der Waals surface area contributed by atoms with Gasteiger partial charge in [-0.1, -0.05) is 35.9 Å². The Labute approximate surface area is 197 Å². The zero-order valence-electron chi connectivity index (χ0n) is 18.1. The number of halogens is 1. The molecule has 3 aromatic rings. The molecule has 5 nitrogen and oxygen atoms in total. The number of carbonyl (C=O) groups is 2. The van der Waals surface area contributed by atoms with Crippen LogP contribution in [0.25, 0.3) is 0 Å². The molecule has 7 heteroatoms. The van der Waals surface area contributed by atoms with Crippen LogP contribution in [0, 0.1) is 6.92 Å². The fraction of sp³-hybridized carbons (Fsp3) is 0.320. The molecule has 0 fully saturated rings. The quantitative estimate of drug-likeness (QED) is 0.557. The molecule has 0 atom stereocenters. The van der Waals surface area contributed by atoms with Crippen molar-refractivity contribution in [2.24, 2.45) is 0 Å². The fourth-order valence-corrected chi connectivity index (χ4v) is 5.02. The number of fused-ring (bicyclic) bond motifs is 1. The Bertz CT molecular complexity index is 1110. The van der Waals surface area contributed by atoms with Gasteiger partial charge in [0.25, 0.3) is 0 Å². The van der Waals surface area contributed by atoms with Gasteiger partial charge in [0, 0.05) is 47.8 Å². The van der Waals surface area contributed by atoms with E-state index in [0.29, 0.717) is 43.9 Å². The molecule has 1 aliphatic heterocycles. The summed E-state index contributed by atoms with van der Waals surface area (Å²) in [7, 11) is 0. The van der Waals surface area contributed by atoms with Crippen LogP contribution in [0.15, 0.2) is 48.0 Å². The highest BCUT2D eigenvalue weighted by Crippen LogP contribution is 2.25. The summed E-state index contributed by atoms with van der Waals surface area (Å²) in [6, 6.07) is 11.6. The zero-order valence-corrected chi connectivity index (χ0v) is 19.6. The fourth-order valence-electron chi connectivity index (χ4n) is 4.09. The first kappa shape index (κ1) is 22.5. The van der Waals surface area contributed by atoms with E-state index in [1.165, 1.54) is 5.56 Å². The molecule has 0 spiro atoms. The van der Waals surface area contributed by atoms with E-state index in [1.807, 2.05) is 59.8 Å². The zero-order chi connectivity index (χ0) is 22.5. The molecule has 0 bridgehead atoms. The van der Waals surface area contributed by atoms with Crippen molar-refractivity contribution in [2.75, 3.05) is 6.54 Å². The largest absolute Gasteiger partial charge is 0.352 e. The summed E-state index contributed by atoms with van der Waals surface area (Å²) in [4.78, 5) is 32.6. The summed E-state index contributed by atoms with van der Waals surface area (Å²) in [6.07, 6.45) is 4.11. The lowest BCUT2D eigenvalue weighted by atomic mass is 9.94. The highest BCUT2D eigenvalue weighted by Gasteiger charge is 2.24. The molecule has 0 unspecified atom stereocenters. The molecule has 1 aromatic carbocycles. The average Bonchev–Trinajstić information content (AvgIpc) is 3.30. The van der Waals surface area contributed by atoms with E-state index in [0.717, 1.165) is 33.7 Å². The van der Waals surface area contributed by atoms with E-state index in [2.05, 4.69) is 10.3 Å². The summed E-state index contributed by atoms with van der Waals surface area (Å²) >= 11 is 7.81. The highest BCUT2D eigenvalue weighted by molar-refractivity contribution is 7.10. The van der Waals surface area contributed by atoms with Crippen molar-refractivity contribution in [3.63, 3.8) is 0 Å². The van der Waals surface area contributed by atoms with Crippen molar-refractivity contribution in [1.82, 2.24) is 15.2 Å². The molecule has 0 radical (unpaired) electrons. The van der Waals surface area contributed by atoms with E-state index in [-0.39, 0.29) is 11.8 Å². The van der Waals surface area contributed by atoms with Gasteiger partial charge in [0.15, 0.2) is 0 Å². The van der Waals surface area contributed by atoms with Crippen LogP contribution in [0.2, 0.25) is 5.02 Å². The molecule has 0 saturated carbocycles. The van der Waals surface area contributed by atoms with Crippen molar-refractivity contribution >= 4 is 34.8 Å². The summed E-state index contributed by atoms with van der Waals surface area (Å²) < 4.78 is 0. The number of carbonyl (C=O) groups excluding carboxylic acids is 2. The Balaban J connectivity index is 1.37. The monoisotopic (exact) mass is 467 g/mol. The second-order valence-corrected chi connectivity index (χ2v) is 9.45. The average molecular weight is 468 g/mol. The Morgan fingerprint density at radius 1 is 1.22 bits per heavy atom. The standard InChI is InChI=1S/C25H26ClN3O2S/c1-17-22(15-28-24(30)13-20-6-4-12-32-20)21-10-11-29(16-19(21)14-27-17)25(31)9-8-18-5-2-3-7-23(18)26/h2-7,12,14H,8-11,13,15-16H2,1H3,(H,28,30). The number of hydrogen-bond acceptors (Lipinski definition) is 4. The van der Waals surface area contributed by atoms with Gasteiger partial charge in [0.05, 0.1) is 6.42 Å². The van der Waals surface area contributed by atoms with Crippen molar-refractivity contribution in [1.29, 1.82) is 0 Å². The molecule has 166 valence electrons. The predicted octanol–water partition coefficient (Wildman–Crippen LogP) is 4.48. The topological polar surface area (TPSA) is 62.3 Å². The molecule has 0 aliphatic carbocycles. The summed E-state index contributed by atoms with van der Waals surface area (Å²) in [5.74, 6) is 0.138. The minimum Gasteiger partial charge on any atom is -0.352 e. The number of hydrogen-bond donors (Lipinski definition) is 1. The van der Waals surface area contributed by atoms with Gasteiger partial charge in [-0.2, -0.15) is 0 Å². The minimum atomic E-state index is 0.0108. The van der Waals surface area contributed by atoms with Gasteiger partial charge in [-0.15, -0.1) is 11.3 Å². The van der Waals surface area contributed by atoms with Crippen molar-refractivity contribution < 1.29 is 9.59 Å². The van der Waals surface area contributed by atoms with Gasteiger partial charge in [0.2, 0.25) is 11.8 Å². The van der Waals surface area contributed by atoms with Crippen LogP contribution in [0.3, 0.4) is 0 Å². The number of thiophene rings is 1. The van der Waals surface area contributed by atoms with Crippen LogP contribution in [0.4, 0.5) is 0 Å². The Morgan fingerprint density at radius 3 is 2.84 bits per heavy atom. The maximum Gasteiger partial charge on any atom is 0.225 e. The molecule has 1 N–H and O–H groups in total. The van der Waals surface area contributed by atoms with E-state index >= 15 is 0 Å². The Morgan fingerprint density at radius 2 is 2.06 bits per heavy atom. The lowest BCUT2D eigenvalue weighted by molar-refractivity contribution is -0.132. The summed E-state index contributed by atoms with van der Waals surface area (Å²) in [5, 5.41) is 5.72. The lowest BCUT2D eigenvalue weighted by Gasteiger charge is -2.30. The third-order valence-corrected chi connectivity index (χ3v) is 7.14. The van der Waals surface area contributed by atoms with Crippen molar-refractivity contribution in [2.45, 2.75) is 45.7 Å². The number of amides is 2. The van der Waals surface area contributed by atoms with Crippen LogP contribution < -0.4 is 5.32 Å². The van der Waals surface area contributed by atoms with Gasteiger partial charge in [-0.05, 0) is 59.5 Å². The first-order valence-corrected chi connectivity index (χ1v) is 12.0. The molecule has 3 heterocycles. The maximum absolute atomic E-state index is 12.8. The third-order valence-electron chi connectivity index (χ3n) is 5.89. The predicted molar refractivity (Wildman–Crippen MR) is 128 cm³/mol. The van der Waals surface area contributed by atoms with Crippen LogP contribution in [-0.4, -0.2) is 28.2 Å². The smallest absolute Gasteiger partial charge is 0.225 e. The van der Waals surface area contributed by atoms with Crippen LogP contribution >= 0.6 is 22.9 Å². The molecule has 1 aliphatic rings. The number of nitrogens with zero attached hydrogens (tertiary/aromatic N) is 2. The van der Waals surface area contributed by atoms with Gasteiger partial charge in [0.1, 0.15) is 0 Å². The number of rotatable bonds is 7. The Hall–Kier alpha value is -2.70. The van der Waals surface area contributed by atoms with Gasteiger partial charge >= 0.3 is 0 Å². The first-order chi connectivity index (χ1) is 15.5. The van der Waals surface area contributed by atoms with Crippen molar-refractivity contribution in [3.05, 3.63) is 85.8 Å². The van der Waals surface area contributed by atoms with Crippen LogP contribution in [0.1, 0.15) is 39.2 Å². The summed E-state index contributed by atoms with van der Waals surface area (Å²) in [5.41, 5.74) is 5.28. The number of aryl methyl sites for hydroxylation is 2. The molecular formula is C25H26ClN3O2S. The van der Waals surface area contributed by atoms with Crippen LogP contribution in [-0.2, 0) is 41.9 Å². The SMILES string of the molecule is Cc1ncc2c(c1CNC(=O)Cc1cccs1)CCN(C(=O)CCc1ccccc1Cl)C2. The third kappa shape index (κ3) is 5.37. The number of nitrogens with one attached hydrogen (secondary N) is 1. The number of aromatic nitrogens is 1. The van der Waals surface area contributed by atoms with Crippen molar-refractivity contribution in [3.8, 4) is 0 Å². The van der Waals surface area contributed by atoms with Gasteiger partial charge < -0.3 is 10.2 Å². The number of pyridine rings is 1. The molecule has 2 aromatic heterocycles. The van der Waals surface area contributed by atoms with E-state index in [1.54, 1.807) is 11.3 Å². The van der Waals surface area contributed by atoms with Crippen LogP contribution in [0.5, 0.6) is 0 Å². The maximum atomic E-state index is 12.8. The highest BCUT2D eigenvalue weighted by atomic mass is 35.5. The minimum absolute atomic E-state index is 0.0108. The molecule has 32 heavy (non-hydrogen) atoms. The van der Waals surface area contributed by atoms with E-state index in [9.17, 15) is 9.59 Å². The van der Waals surface area contributed by atoms with E-state index < -0.39 is 0 Å². The van der Waals surface area contributed by atoms with Gasteiger partial charge in [-0.25, -0.2) is 0 Å². The number of benzene rings is 1. The van der Waals surface area contributed by atoms with E-state index in [4.69, 9.17) is 11.6 Å². The Kier molecular flexibility index (Phi) is 7.22. The van der Waals surface area contributed by atoms with Gasteiger partial charge in [-0.3, -0.25) is 14.6 Å². The molecule has 0 saturated heterocycles. The molecule has 2 amide bonds.